The Hall–Kier alpha value is -2.60. The molecule has 0 aliphatic heterocycles. The van der Waals surface area contributed by atoms with Crippen LogP contribution < -0.4 is 10.1 Å². The van der Waals surface area contributed by atoms with Gasteiger partial charge in [0.1, 0.15) is 5.75 Å². The molecule has 2 atom stereocenters. The van der Waals surface area contributed by atoms with Crippen LogP contribution >= 0.6 is 0 Å². The number of fused-ring (bicyclic) bond motifs is 1. The highest BCUT2D eigenvalue weighted by Crippen LogP contribution is 2.25. The van der Waals surface area contributed by atoms with Crippen LogP contribution in [0.4, 0.5) is 0 Å². The van der Waals surface area contributed by atoms with Crippen LogP contribution in [0.5, 0.6) is 5.75 Å². The van der Waals surface area contributed by atoms with Gasteiger partial charge in [-0.1, -0.05) is 24.3 Å². The lowest BCUT2D eigenvalue weighted by atomic mass is 9.97. The molecule has 2 rings (SSSR count). The van der Waals surface area contributed by atoms with E-state index in [2.05, 4.69) is 5.32 Å². The number of aliphatic carboxylic acids is 1. The van der Waals surface area contributed by atoms with Gasteiger partial charge in [0.05, 0.1) is 19.6 Å². The van der Waals surface area contributed by atoms with Crippen LogP contribution in [0, 0.1) is 0 Å². The van der Waals surface area contributed by atoms with Crippen molar-refractivity contribution in [3.05, 3.63) is 42.0 Å². The smallest absolute Gasteiger partial charge is 0.334 e. The van der Waals surface area contributed by atoms with E-state index in [0.717, 1.165) is 22.1 Å². The molecule has 6 heteroatoms. The lowest BCUT2D eigenvalue weighted by molar-refractivity contribution is -0.148. The molecular weight excluding hydrogens is 310 g/mol. The summed E-state index contributed by atoms with van der Waals surface area (Å²) in [5.41, 5.74) is 0.856. The molecule has 2 N–H and O–H groups in total. The fraction of sp³-hybridized carbons (Fsp3) is 0.333. The summed E-state index contributed by atoms with van der Waals surface area (Å²) in [6, 6.07) is 11.5. The van der Waals surface area contributed by atoms with Crippen molar-refractivity contribution in [1.82, 2.24) is 5.32 Å². The molecule has 6 nitrogen and oxygen atoms in total. The number of ether oxygens (including phenoxy) is 2. The third kappa shape index (κ3) is 4.02. The average molecular weight is 331 g/mol. The maximum absolute atomic E-state index is 12.2. The van der Waals surface area contributed by atoms with Crippen molar-refractivity contribution < 1.29 is 24.2 Å². The molecule has 0 spiro atoms. The maximum Gasteiger partial charge on any atom is 0.334 e. The van der Waals surface area contributed by atoms with E-state index < -0.39 is 18.0 Å². The Morgan fingerprint density at radius 1 is 1.12 bits per heavy atom. The molecule has 0 saturated carbocycles. The molecule has 1 amide bonds. The van der Waals surface area contributed by atoms with Gasteiger partial charge in [0, 0.05) is 7.11 Å². The number of amides is 1. The monoisotopic (exact) mass is 331 g/mol. The van der Waals surface area contributed by atoms with Gasteiger partial charge in [0.15, 0.2) is 6.10 Å². The molecule has 0 bridgehead atoms. The zero-order valence-electron chi connectivity index (χ0n) is 13.9. The fourth-order valence-corrected chi connectivity index (χ4v) is 2.41. The summed E-state index contributed by atoms with van der Waals surface area (Å²) in [5.74, 6) is -0.973. The highest BCUT2D eigenvalue weighted by molar-refractivity contribution is 5.88. The minimum Gasteiger partial charge on any atom is -0.497 e. The van der Waals surface area contributed by atoms with E-state index in [-0.39, 0.29) is 12.5 Å². The van der Waals surface area contributed by atoms with Crippen LogP contribution in [0.15, 0.2) is 36.4 Å². The molecule has 0 aliphatic carbocycles. The first kappa shape index (κ1) is 17.7. The summed E-state index contributed by atoms with van der Waals surface area (Å²) in [7, 11) is 2.92. The van der Waals surface area contributed by atoms with Gasteiger partial charge in [0.25, 0.3) is 0 Å². The largest absolute Gasteiger partial charge is 0.497 e. The van der Waals surface area contributed by atoms with Crippen LogP contribution in [-0.2, 0) is 14.3 Å². The molecule has 0 aromatic heterocycles. The van der Waals surface area contributed by atoms with Crippen LogP contribution in [0.2, 0.25) is 0 Å². The number of hydrogen-bond acceptors (Lipinski definition) is 4. The third-order valence-corrected chi connectivity index (χ3v) is 3.99. The standard InChI is InChI=1S/C18H21NO5/c1-11(17(20)19-10-16(24-3)18(21)22)12-4-5-14-9-15(23-2)7-6-13(14)8-12/h4-9,11,16H,10H2,1-3H3,(H,19,20)(H,21,22)/t11-,16?/m0/s1. The van der Waals surface area contributed by atoms with Crippen LogP contribution in [0.25, 0.3) is 10.8 Å². The van der Waals surface area contributed by atoms with Crippen molar-refractivity contribution in [2.24, 2.45) is 0 Å². The van der Waals surface area contributed by atoms with Crippen LogP contribution in [-0.4, -0.2) is 43.9 Å². The summed E-state index contributed by atoms with van der Waals surface area (Å²) in [4.78, 5) is 23.1. The first-order valence-corrected chi connectivity index (χ1v) is 7.57. The van der Waals surface area contributed by atoms with Crippen LogP contribution in [0.1, 0.15) is 18.4 Å². The SMILES string of the molecule is COc1ccc2cc([C@H](C)C(=O)NCC(OC)C(=O)O)ccc2c1. The average Bonchev–Trinajstić information content (AvgIpc) is 2.60. The van der Waals surface area contributed by atoms with E-state index >= 15 is 0 Å². The lowest BCUT2D eigenvalue weighted by Gasteiger charge is -2.16. The van der Waals surface area contributed by atoms with Gasteiger partial charge in [-0.2, -0.15) is 0 Å². The number of carboxylic acids is 1. The Bertz CT molecular complexity index is 743. The zero-order chi connectivity index (χ0) is 17.7. The van der Waals surface area contributed by atoms with E-state index in [4.69, 9.17) is 14.6 Å². The molecule has 0 heterocycles. The number of carboxylic acid groups (broad SMARTS) is 1. The van der Waals surface area contributed by atoms with Gasteiger partial charge in [-0.3, -0.25) is 4.79 Å². The molecule has 24 heavy (non-hydrogen) atoms. The van der Waals surface area contributed by atoms with E-state index in [0.29, 0.717) is 0 Å². The second-order valence-electron chi connectivity index (χ2n) is 5.50. The summed E-state index contributed by atoms with van der Waals surface area (Å²) in [6.45, 7) is 1.71. The number of rotatable bonds is 7. The summed E-state index contributed by atoms with van der Waals surface area (Å²) < 4.78 is 10.00. The zero-order valence-corrected chi connectivity index (χ0v) is 13.9. The van der Waals surface area contributed by atoms with Gasteiger partial charge in [-0.15, -0.1) is 0 Å². The van der Waals surface area contributed by atoms with Crippen molar-refractivity contribution in [1.29, 1.82) is 0 Å². The van der Waals surface area contributed by atoms with Gasteiger partial charge < -0.3 is 19.9 Å². The lowest BCUT2D eigenvalue weighted by Crippen LogP contribution is -2.39. The van der Waals surface area contributed by atoms with Crippen molar-refractivity contribution in [2.45, 2.75) is 18.9 Å². The number of methoxy groups -OCH3 is 2. The second kappa shape index (κ2) is 7.79. The quantitative estimate of drug-likeness (QED) is 0.812. The summed E-state index contributed by atoms with van der Waals surface area (Å²) in [5, 5.41) is 13.6. The van der Waals surface area contributed by atoms with Gasteiger partial charge in [0.2, 0.25) is 5.91 Å². The third-order valence-electron chi connectivity index (χ3n) is 3.99. The van der Waals surface area contributed by atoms with E-state index in [1.165, 1.54) is 7.11 Å². The maximum atomic E-state index is 12.2. The van der Waals surface area contributed by atoms with Crippen molar-refractivity contribution in [2.75, 3.05) is 20.8 Å². The Balaban J connectivity index is 2.11. The van der Waals surface area contributed by atoms with Gasteiger partial charge in [-0.25, -0.2) is 4.79 Å². The molecule has 128 valence electrons. The molecule has 0 radical (unpaired) electrons. The molecule has 0 fully saturated rings. The number of carbonyl (C=O) groups excluding carboxylic acids is 1. The number of nitrogens with one attached hydrogen (secondary N) is 1. The molecule has 1 unspecified atom stereocenters. The molecule has 2 aromatic carbocycles. The van der Waals surface area contributed by atoms with E-state index in [9.17, 15) is 9.59 Å². The summed E-state index contributed by atoms with van der Waals surface area (Å²) >= 11 is 0. The topological polar surface area (TPSA) is 84.9 Å². The Labute approximate surface area is 140 Å². The van der Waals surface area contributed by atoms with Crippen molar-refractivity contribution in [3.8, 4) is 5.75 Å². The minimum absolute atomic E-state index is 0.0697. The minimum atomic E-state index is -1.11. The first-order valence-electron chi connectivity index (χ1n) is 7.57. The van der Waals surface area contributed by atoms with Gasteiger partial charge >= 0.3 is 5.97 Å². The second-order valence-corrected chi connectivity index (χ2v) is 5.50. The van der Waals surface area contributed by atoms with Crippen molar-refractivity contribution in [3.63, 3.8) is 0 Å². The normalized spacial score (nSPS) is 13.3. The van der Waals surface area contributed by atoms with E-state index in [1.54, 1.807) is 14.0 Å². The number of benzene rings is 2. The molecular formula is C18H21NO5. The fourth-order valence-electron chi connectivity index (χ4n) is 2.41. The highest BCUT2D eigenvalue weighted by atomic mass is 16.5. The van der Waals surface area contributed by atoms with E-state index in [1.807, 2.05) is 36.4 Å². The molecule has 2 aromatic rings. The predicted molar refractivity (Wildman–Crippen MR) is 90.4 cm³/mol. The molecule has 0 aliphatic rings. The number of hydrogen-bond donors (Lipinski definition) is 2. The number of carbonyl (C=O) groups is 2. The van der Waals surface area contributed by atoms with Gasteiger partial charge in [-0.05, 0) is 35.4 Å². The van der Waals surface area contributed by atoms with Crippen molar-refractivity contribution >= 4 is 22.6 Å². The van der Waals surface area contributed by atoms with Crippen LogP contribution in [0.3, 0.4) is 0 Å². The Morgan fingerprint density at radius 3 is 2.42 bits per heavy atom. The Kier molecular flexibility index (Phi) is 5.76. The molecule has 0 saturated heterocycles. The Morgan fingerprint density at radius 2 is 1.79 bits per heavy atom. The predicted octanol–water partition coefficient (Wildman–Crippen LogP) is 2.17. The summed E-state index contributed by atoms with van der Waals surface area (Å²) in [6.07, 6.45) is -1.05. The highest BCUT2D eigenvalue weighted by Gasteiger charge is 2.20. The first-order chi connectivity index (χ1) is 11.5.